The Kier molecular flexibility index (Phi) is 4.53. The second-order valence-electron chi connectivity index (χ2n) is 6.79. The molecule has 3 fully saturated rings. The van der Waals surface area contributed by atoms with Crippen LogP contribution in [0.4, 0.5) is 0 Å². The smallest absolute Gasteiger partial charge is 0.311 e. The van der Waals surface area contributed by atoms with E-state index in [0.717, 1.165) is 25.7 Å². The van der Waals surface area contributed by atoms with E-state index >= 15 is 0 Å². The summed E-state index contributed by atoms with van der Waals surface area (Å²) in [6, 6.07) is 4.05. The van der Waals surface area contributed by atoms with Gasteiger partial charge in [-0.3, -0.25) is 4.79 Å². The first-order valence-electron chi connectivity index (χ1n) is 7.97. The van der Waals surface area contributed by atoms with Crippen LogP contribution in [0.25, 0.3) is 0 Å². The Morgan fingerprint density at radius 1 is 1.29 bits per heavy atom. The van der Waals surface area contributed by atoms with Gasteiger partial charge in [-0.2, -0.15) is 0 Å². The average Bonchev–Trinajstić information content (AvgIpc) is 2.56. The molecule has 0 spiro atoms. The first-order valence-corrected chi connectivity index (χ1v) is 9.83. The van der Waals surface area contributed by atoms with Crippen molar-refractivity contribution in [3.63, 3.8) is 0 Å². The molecule has 6 nitrogen and oxygen atoms in total. The summed E-state index contributed by atoms with van der Waals surface area (Å²) < 4.78 is 27.4. The second kappa shape index (κ2) is 6.20. The highest BCUT2D eigenvalue weighted by Crippen LogP contribution is 2.52. The van der Waals surface area contributed by atoms with Gasteiger partial charge in [0.2, 0.25) is 10.0 Å². The minimum atomic E-state index is -4.05. The number of hydrogen-bond donors (Lipinski definition) is 3. The van der Waals surface area contributed by atoms with Crippen LogP contribution in [0.15, 0.2) is 23.1 Å². The fraction of sp³-hybridized carbons (Fsp3) is 0.562. The van der Waals surface area contributed by atoms with Crippen LogP contribution in [-0.2, 0) is 14.8 Å². The molecule has 3 N–H and O–H groups in total. The number of aliphatic carboxylic acids is 1. The molecule has 3 aliphatic carbocycles. The lowest BCUT2D eigenvalue weighted by Crippen LogP contribution is -2.53. The van der Waals surface area contributed by atoms with E-state index in [1.54, 1.807) is 0 Å². The largest absolute Gasteiger partial charge is 0.505 e. The summed E-state index contributed by atoms with van der Waals surface area (Å²) in [6.07, 6.45) is 4.17. The zero-order valence-corrected chi connectivity index (χ0v) is 14.6. The summed E-state index contributed by atoms with van der Waals surface area (Å²) >= 11 is 5.76. The number of halogens is 1. The van der Waals surface area contributed by atoms with Crippen LogP contribution in [0.5, 0.6) is 5.75 Å². The van der Waals surface area contributed by atoms with Crippen molar-refractivity contribution in [3.05, 3.63) is 23.2 Å². The molecule has 1 aromatic carbocycles. The number of phenolic OH excluding ortho intramolecular Hbond substituents is 1. The van der Waals surface area contributed by atoms with Gasteiger partial charge >= 0.3 is 5.97 Å². The summed E-state index contributed by atoms with van der Waals surface area (Å²) in [5.74, 6) is -1.15. The molecule has 0 saturated heterocycles. The van der Waals surface area contributed by atoms with Gasteiger partial charge in [-0.1, -0.05) is 30.5 Å². The lowest BCUT2D eigenvalue weighted by Gasteiger charge is -2.49. The third-order valence-electron chi connectivity index (χ3n) is 5.52. The topological polar surface area (TPSA) is 104 Å². The summed E-state index contributed by atoms with van der Waals surface area (Å²) in [5, 5.41) is 19.6. The Hall–Kier alpha value is -1.31. The van der Waals surface area contributed by atoms with Crippen molar-refractivity contribution in [1.82, 2.24) is 4.72 Å². The van der Waals surface area contributed by atoms with E-state index in [4.69, 9.17) is 11.6 Å². The van der Waals surface area contributed by atoms with Gasteiger partial charge in [0, 0.05) is 6.54 Å². The molecule has 4 rings (SSSR count). The second-order valence-corrected chi connectivity index (χ2v) is 8.94. The lowest BCUT2D eigenvalue weighted by atomic mass is 9.56. The number of nitrogens with one attached hydrogen (secondary N) is 1. The maximum absolute atomic E-state index is 12.5. The molecule has 132 valence electrons. The van der Waals surface area contributed by atoms with E-state index in [1.165, 1.54) is 18.2 Å². The summed E-state index contributed by atoms with van der Waals surface area (Å²) in [7, 11) is -4.05. The van der Waals surface area contributed by atoms with Crippen LogP contribution < -0.4 is 4.72 Å². The van der Waals surface area contributed by atoms with Gasteiger partial charge in [-0.05, 0) is 43.2 Å². The van der Waals surface area contributed by atoms with E-state index in [2.05, 4.69) is 4.72 Å². The molecular weight excluding hydrogens is 354 g/mol. The van der Waals surface area contributed by atoms with Gasteiger partial charge in [0.25, 0.3) is 0 Å². The first kappa shape index (κ1) is 17.5. The van der Waals surface area contributed by atoms with Gasteiger partial charge in [-0.25, -0.2) is 13.1 Å². The van der Waals surface area contributed by atoms with Gasteiger partial charge in [0.05, 0.1) is 10.4 Å². The van der Waals surface area contributed by atoms with E-state index in [0.29, 0.717) is 12.3 Å². The minimum Gasteiger partial charge on any atom is -0.505 e. The van der Waals surface area contributed by atoms with Crippen molar-refractivity contribution in [1.29, 1.82) is 0 Å². The van der Waals surface area contributed by atoms with Gasteiger partial charge in [0.15, 0.2) is 5.75 Å². The zero-order chi connectivity index (χ0) is 17.5. The quantitative estimate of drug-likeness (QED) is 0.736. The van der Waals surface area contributed by atoms with Gasteiger partial charge in [-0.15, -0.1) is 0 Å². The SMILES string of the molecule is O=C(O)C1(CNS(=O)(=O)c2cccc(Cl)c2O)CC2CCC1CC2. The predicted molar refractivity (Wildman–Crippen MR) is 88.4 cm³/mol. The summed E-state index contributed by atoms with van der Waals surface area (Å²) in [5.41, 5.74) is -1.07. The van der Waals surface area contributed by atoms with Crippen LogP contribution in [0, 0.1) is 17.3 Å². The molecular formula is C16H20ClNO5S. The molecule has 1 aromatic rings. The molecule has 8 heteroatoms. The number of aromatic hydroxyl groups is 1. The number of carboxylic acids is 1. The van der Waals surface area contributed by atoms with Gasteiger partial charge < -0.3 is 10.2 Å². The Bertz CT molecular complexity index is 758. The number of carboxylic acid groups (broad SMARTS) is 1. The van der Waals surface area contributed by atoms with Crippen molar-refractivity contribution in [2.75, 3.05) is 6.54 Å². The number of hydrogen-bond acceptors (Lipinski definition) is 4. The Morgan fingerprint density at radius 2 is 1.96 bits per heavy atom. The molecule has 1 atom stereocenters. The van der Waals surface area contributed by atoms with Crippen LogP contribution in [-0.4, -0.2) is 31.1 Å². The average molecular weight is 374 g/mol. The highest BCUT2D eigenvalue weighted by molar-refractivity contribution is 7.89. The molecule has 0 amide bonds. The van der Waals surface area contributed by atoms with Crippen LogP contribution in [0.1, 0.15) is 32.1 Å². The van der Waals surface area contributed by atoms with Crippen molar-refractivity contribution in [3.8, 4) is 5.75 Å². The number of fused-ring (bicyclic) bond motifs is 3. The maximum atomic E-state index is 12.5. The van der Waals surface area contributed by atoms with E-state index in [-0.39, 0.29) is 22.4 Å². The monoisotopic (exact) mass is 373 g/mol. The highest BCUT2D eigenvalue weighted by Gasteiger charge is 2.52. The van der Waals surface area contributed by atoms with Crippen molar-refractivity contribution in [2.45, 2.75) is 37.0 Å². The van der Waals surface area contributed by atoms with Crippen LogP contribution in [0.3, 0.4) is 0 Å². The van der Waals surface area contributed by atoms with Crippen LogP contribution >= 0.6 is 11.6 Å². The Labute approximate surface area is 145 Å². The maximum Gasteiger partial charge on any atom is 0.311 e. The molecule has 0 heterocycles. The Balaban J connectivity index is 1.85. The highest BCUT2D eigenvalue weighted by atomic mass is 35.5. The van der Waals surface area contributed by atoms with Crippen LogP contribution in [0.2, 0.25) is 5.02 Å². The normalized spacial score (nSPS) is 29.5. The van der Waals surface area contributed by atoms with E-state index in [9.17, 15) is 23.4 Å². The molecule has 24 heavy (non-hydrogen) atoms. The third-order valence-corrected chi connectivity index (χ3v) is 7.26. The van der Waals surface area contributed by atoms with E-state index in [1.807, 2.05) is 0 Å². The van der Waals surface area contributed by atoms with Crippen molar-refractivity contribution in [2.24, 2.45) is 17.3 Å². The molecule has 0 radical (unpaired) electrons. The number of carbonyl (C=O) groups is 1. The number of para-hydroxylation sites is 1. The Morgan fingerprint density at radius 3 is 2.50 bits per heavy atom. The minimum absolute atomic E-state index is 0.0179. The molecule has 2 bridgehead atoms. The van der Waals surface area contributed by atoms with Gasteiger partial charge in [0.1, 0.15) is 4.90 Å². The van der Waals surface area contributed by atoms with E-state index < -0.39 is 27.2 Å². The number of sulfonamides is 1. The molecule has 3 aliphatic rings. The zero-order valence-electron chi connectivity index (χ0n) is 13.0. The van der Waals surface area contributed by atoms with Crippen molar-refractivity contribution < 1.29 is 23.4 Å². The standard InChI is InChI=1S/C16H20ClNO5S/c17-12-2-1-3-13(14(12)19)24(22,23)18-9-16(15(20)21)8-10-4-6-11(16)7-5-10/h1-3,10-11,18-19H,4-9H2,(H,20,21). The molecule has 3 saturated carbocycles. The fourth-order valence-electron chi connectivity index (χ4n) is 4.17. The number of phenols is 1. The molecule has 0 aliphatic heterocycles. The third kappa shape index (κ3) is 2.89. The fourth-order valence-corrected chi connectivity index (χ4v) is 5.62. The predicted octanol–water partition coefficient (Wildman–Crippen LogP) is 2.61. The summed E-state index contributed by atoms with van der Waals surface area (Å²) in [4.78, 5) is 11.6. The molecule has 0 aromatic heterocycles. The lowest BCUT2D eigenvalue weighted by molar-refractivity contribution is -0.159. The molecule has 1 unspecified atom stereocenters. The first-order chi connectivity index (χ1) is 11.3. The van der Waals surface area contributed by atoms with Crippen molar-refractivity contribution >= 4 is 27.6 Å². The number of rotatable bonds is 5. The summed E-state index contributed by atoms with van der Waals surface area (Å²) in [6.45, 7) is -0.169. The number of benzene rings is 1.